The van der Waals surface area contributed by atoms with Gasteiger partial charge in [0.25, 0.3) is 0 Å². The van der Waals surface area contributed by atoms with Crippen molar-refractivity contribution < 1.29 is 0 Å². The Balaban J connectivity index is 2.09. The molecule has 0 aromatic heterocycles. The molecule has 0 radical (unpaired) electrons. The Morgan fingerprint density at radius 2 is 2.42 bits per heavy atom. The van der Waals surface area contributed by atoms with Crippen LogP contribution in [0.25, 0.3) is 0 Å². The summed E-state index contributed by atoms with van der Waals surface area (Å²) >= 11 is 2.06. The van der Waals surface area contributed by atoms with Crippen LogP contribution >= 0.6 is 11.8 Å². The van der Waals surface area contributed by atoms with E-state index in [1.807, 2.05) is 0 Å². The van der Waals surface area contributed by atoms with Crippen LogP contribution in [0, 0.1) is 0 Å². The largest absolute Gasteiger partial charge is 0.313 e. The summed E-state index contributed by atoms with van der Waals surface area (Å²) in [5.41, 5.74) is 1.61. The van der Waals surface area contributed by atoms with E-state index in [2.05, 4.69) is 37.0 Å². The van der Waals surface area contributed by atoms with Crippen LogP contribution in [0.3, 0.4) is 0 Å². The van der Waals surface area contributed by atoms with E-state index < -0.39 is 0 Å². The zero-order valence-electron chi connectivity index (χ0n) is 8.10. The van der Waals surface area contributed by atoms with Gasteiger partial charge in [0.05, 0.1) is 0 Å². The lowest BCUT2D eigenvalue weighted by Crippen LogP contribution is -2.22. The number of nitrogens with one attached hydrogen (secondary N) is 1. The molecule has 0 saturated carbocycles. The van der Waals surface area contributed by atoms with Crippen molar-refractivity contribution in [3.8, 4) is 0 Å². The highest BCUT2D eigenvalue weighted by atomic mass is 32.2. The lowest BCUT2D eigenvalue weighted by molar-refractivity contribution is 0.688. The van der Waals surface area contributed by atoms with Gasteiger partial charge in [0.2, 0.25) is 0 Å². The van der Waals surface area contributed by atoms with Crippen molar-refractivity contribution in [3.05, 3.63) is 11.6 Å². The van der Waals surface area contributed by atoms with Crippen molar-refractivity contribution in [2.75, 3.05) is 18.8 Å². The Morgan fingerprint density at radius 1 is 1.58 bits per heavy atom. The van der Waals surface area contributed by atoms with Crippen molar-refractivity contribution in [1.82, 2.24) is 5.32 Å². The van der Waals surface area contributed by atoms with Crippen molar-refractivity contribution in [2.45, 2.75) is 31.9 Å². The lowest BCUT2D eigenvalue weighted by Gasteiger charge is -2.14. The summed E-state index contributed by atoms with van der Waals surface area (Å²) in [6.07, 6.45) is 4.90. The summed E-state index contributed by atoms with van der Waals surface area (Å²) in [6, 6.07) is 0. The molecule has 0 aromatic rings. The normalized spacial score (nSPS) is 18.1. The molecule has 1 N–H and O–H groups in total. The van der Waals surface area contributed by atoms with E-state index in [1.165, 1.54) is 25.1 Å². The third kappa shape index (κ3) is 4.17. The van der Waals surface area contributed by atoms with Crippen molar-refractivity contribution in [1.29, 1.82) is 0 Å². The summed E-state index contributed by atoms with van der Waals surface area (Å²) < 4.78 is 0. The lowest BCUT2D eigenvalue weighted by atomic mass is 10.1. The number of hydrogen-bond donors (Lipinski definition) is 1. The summed E-state index contributed by atoms with van der Waals surface area (Å²) in [4.78, 5) is 0. The van der Waals surface area contributed by atoms with Gasteiger partial charge in [0, 0.05) is 6.54 Å². The molecule has 0 fully saturated rings. The maximum absolute atomic E-state index is 3.40. The van der Waals surface area contributed by atoms with E-state index in [4.69, 9.17) is 0 Å². The third-order valence-corrected chi connectivity index (χ3v) is 3.09. The van der Waals surface area contributed by atoms with Gasteiger partial charge in [0.1, 0.15) is 0 Å². The Kier molecular flexibility index (Phi) is 4.77. The Labute approximate surface area is 80.0 Å². The van der Waals surface area contributed by atoms with E-state index >= 15 is 0 Å². The maximum atomic E-state index is 3.40. The third-order valence-electron chi connectivity index (χ3n) is 1.98. The molecule has 0 amide bonds. The SMILES string of the molecule is CC(C)SCCC1=CCCNC1. The number of hydrogen-bond acceptors (Lipinski definition) is 2. The Morgan fingerprint density at radius 3 is 3.00 bits per heavy atom. The molecule has 0 bridgehead atoms. The predicted octanol–water partition coefficient (Wildman–Crippen LogP) is 2.44. The summed E-state index contributed by atoms with van der Waals surface area (Å²) in [5, 5.41) is 4.18. The molecule has 0 aliphatic carbocycles. The molecule has 1 rings (SSSR count). The highest BCUT2D eigenvalue weighted by molar-refractivity contribution is 7.99. The van der Waals surface area contributed by atoms with E-state index in [0.717, 1.165) is 11.8 Å². The van der Waals surface area contributed by atoms with Crippen LogP contribution in [-0.4, -0.2) is 24.1 Å². The van der Waals surface area contributed by atoms with Gasteiger partial charge in [-0.25, -0.2) is 0 Å². The minimum absolute atomic E-state index is 0.780. The first-order valence-corrected chi connectivity index (χ1v) is 5.84. The van der Waals surface area contributed by atoms with E-state index in [9.17, 15) is 0 Å². The predicted molar refractivity (Wildman–Crippen MR) is 57.8 cm³/mol. The van der Waals surface area contributed by atoms with Gasteiger partial charge in [0.15, 0.2) is 0 Å². The van der Waals surface area contributed by atoms with Gasteiger partial charge >= 0.3 is 0 Å². The van der Waals surface area contributed by atoms with Crippen LogP contribution in [-0.2, 0) is 0 Å². The monoisotopic (exact) mass is 185 g/mol. The summed E-state index contributed by atoms with van der Waals surface area (Å²) in [6.45, 7) is 6.82. The molecule has 0 aromatic carbocycles. The van der Waals surface area contributed by atoms with Crippen molar-refractivity contribution >= 4 is 11.8 Å². The van der Waals surface area contributed by atoms with Crippen LogP contribution in [0.2, 0.25) is 0 Å². The zero-order valence-corrected chi connectivity index (χ0v) is 8.91. The Bertz CT molecular complexity index is 152. The van der Waals surface area contributed by atoms with E-state index in [-0.39, 0.29) is 0 Å². The second-order valence-electron chi connectivity index (χ2n) is 3.50. The number of thioether (sulfide) groups is 1. The van der Waals surface area contributed by atoms with E-state index in [1.54, 1.807) is 5.57 Å². The van der Waals surface area contributed by atoms with Crippen molar-refractivity contribution in [2.24, 2.45) is 0 Å². The standard InChI is InChI=1S/C10H19NS/c1-9(2)12-7-5-10-4-3-6-11-8-10/h4,9,11H,3,5-8H2,1-2H3. The second kappa shape index (κ2) is 5.65. The van der Waals surface area contributed by atoms with Gasteiger partial charge in [-0.3, -0.25) is 0 Å². The van der Waals surface area contributed by atoms with Gasteiger partial charge in [-0.15, -0.1) is 0 Å². The molecule has 2 heteroatoms. The fourth-order valence-corrected chi connectivity index (χ4v) is 2.17. The fourth-order valence-electron chi connectivity index (χ4n) is 1.32. The number of rotatable bonds is 4. The Hall–Kier alpha value is 0.0500. The zero-order chi connectivity index (χ0) is 8.81. The average Bonchev–Trinajstić information content (AvgIpc) is 2.05. The van der Waals surface area contributed by atoms with Crippen molar-refractivity contribution in [3.63, 3.8) is 0 Å². The molecule has 0 atom stereocenters. The smallest absolute Gasteiger partial charge is 0.0165 e. The minimum atomic E-state index is 0.780. The van der Waals surface area contributed by atoms with E-state index in [0.29, 0.717) is 0 Å². The van der Waals surface area contributed by atoms with Crippen LogP contribution < -0.4 is 5.32 Å². The van der Waals surface area contributed by atoms with Gasteiger partial charge < -0.3 is 5.32 Å². The summed E-state index contributed by atoms with van der Waals surface area (Å²) in [7, 11) is 0. The van der Waals surface area contributed by atoms with Crippen LogP contribution in [0.1, 0.15) is 26.7 Å². The molecular formula is C10H19NS. The first-order chi connectivity index (χ1) is 5.79. The van der Waals surface area contributed by atoms with Crippen LogP contribution in [0.4, 0.5) is 0 Å². The van der Waals surface area contributed by atoms with Gasteiger partial charge in [-0.2, -0.15) is 11.8 Å². The van der Waals surface area contributed by atoms with Crippen LogP contribution in [0.15, 0.2) is 11.6 Å². The average molecular weight is 185 g/mol. The second-order valence-corrected chi connectivity index (χ2v) is 5.18. The minimum Gasteiger partial charge on any atom is -0.313 e. The fraction of sp³-hybridized carbons (Fsp3) is 0.800. The molecule has 0 unspecified atom stereocenters. The highest BCUT2D eigenvalue weighted by Crippen LogP contribution is 2.15. The molecule has 1 aliphatic rings. The first kappa shape index (κ1) is 10.1. The molecule has 1 aliphatic heterocycles. The summed E-state index contributed by atoms with van der Waals surface area (Å²) in [5.74, 6) is 1.28. The molecule has 12 heavy (non-hydrogen) atoms. The van der Waals surface area contributed by atoms with Gasteiger partial charge in [-0.05, 0) is 30.4 Å². The molecule has 70 valence electrons. The molecule has 0 spiro atoms. The molecule has 1 nitrogen and oxygen atoms in total. The first-order valence-electron chi connectivity index (χ1n) is 4.79. The van der Waals surface area contributed by atoms with Crippen LogP contribution in [0.5, 0.6) is 0 Å². The molecule has 0 saturated heterocycles. The topological polar surface area (TPSA) is 12.0 Å². The maximum Gasteiger partial charge on any atom is 0.0165 e. The quantitative estimate of drug-likeness (QED) is 0.675. The molecule has 1 heterocycles. The highest BCUT2D eigenvalue weighted by Gasteiger charge is 2.02. The van der Waals surface area contributed by atoms with Gasteiger partial charge in [-0.1, -0.05) is 25.5 Å². The molecular weight excluding hydrogens is 166 g/mol.